The van der Waals surface area contributed by atoms with E-state index in [-0.39, 0.29) is 18.1 Å². The van der Waals surface area contributed by atoms with Gasteiger partial charge in [0.2, 0.25) is 5.95 Å². The van der Waals surface area contributed by atoms with Gasteiger partial charge in [0.1, 0.15) is 0 Å². The van der Waals surface area contributed by atoms with Gasteiger partial charge < -0.3 is 10.4 Å². The van der Waals surface area contributed by atoms with Crippen LogP contribution >= 0.6 is 0 Å². The minimum atomic E-state index is -0.335. The van der Waals surface area contributed by atoms with Gasteiger partial charge in [0.05, 0.1) is 6.61 Å². The Bertz CT molecular complexity index is 605. The van der Waals surface area contributed by atoms with Crippen molar-refractivity contribution in [3.63, 3.8) is 0 Å². The first-order valence-electron chi connectivity index (χ1n) is 6.18. The molecule has 100 valence electrons. The van der Waals surface area contributed by atoms with E-state index in [9.17, 15) is 4.79 Å². The van der Waals surface area contributed by atoms with Crippen molar-refractivity contribution in [2.45, 2.75) is 12.8 Å². The van der Waals surface area contributed by atoms with Crippen molar-refractivity contribution in [3.8, 4) is 0 Å². The average molecular weight is 261 g/mol. The third-order valence-corrected chi connectivity index (χ3v) is 3.46. The molecule has 19 heavy (non-hydrogen) atoms. The van der Waals surface area contributed by atoms with Gasteiger partial charge in [-0.15, -0.1) is 10.2 Å². The summed E-state index contributed by atoms with van der Waals surface area (Å²) in [6.07, 6.45) is 3.69. The van der Waals surface area contributed by atoms with E-state index in [4.69, 9.17) is 5.11 Å². The number of pyridine rings is 1. The molecule has 1 fully saturated rings. The number of nitrogens with zero attached hydrogens (tertiary/aromatic N) is 3. The molecule has 0 bridgehead atoms. The van der Waals surface area contributed by atoms with Crippen LogP contribution in [0.5, 0.6) is 0 Å². The topological polar surface area (TPSA) is 91.5 Å². The van der Waals surface area contributed by atoms with Gasteiger partial charge in [-0.05, 0) is 25.0 Å². The lowest BCUT2D eigenvalue weighted by Crippen LogP contribution is -2.35. The summed E-state index contributed by atoms with van der Waals surface area (Å²) < 4.78 is 1.69. The van der Waals surface area contributed by atoms with Gasteiger partial charge in [0.25, 0.3) is 0 Å². The number of nitrogens with one attached hydrogen (secondary N) is 2. The lowest BCUT2D eigenvalue weighted by atomic mass is 10.1. The summed E-state index contributed by atoms with van der Waals surface area (Å²) >= 11 is 0. The summed E-state index contributed by atoms with van der Waals surface area (Å²) in [7, 11) is 0. The minimum absolute atomic E-state index is 0.107. The molecule has 0 atom stereocenters. The highest BCUT2D eigenvalue weighted by Gasteiger charge is 2.42. The third-order valence-electron chi connectivity index (χ3n) is 3.46. The number of aliphatic hydroxyl groups is 1. The van der Waals surface area contributed by atoms with Crippen LogP contribution in [-0.2, 0) is 0 Å². The summed E-state index contributed by atoms with van der Waals surface area (Å²) in [5.41, 5.74) is 0.566. The number of hydrogen-bond donors (Lipinski definition) is 3. The Hall–Kier alpha value is -2.15. The van der Waals surface area contributed by atoms with Crippen LogP contribution in [0.15, 0.2) is 24.4 Å². The number of carbonyl (C=O) groups excluding carboxylic acids is 1. The van der Waals surface area contributed by atoms with Gasteiger partial charge in [0, 0.05) is 18.2 Å². The molecule has 0 aromatic carbocycles. The molecule has 0 aliphatic heterocycles. The van der Waals surface area contributed by atoms with Gasteiger partial charge >= 0.3 is 6.03 Å². The molecule has 0 radical (unpaired) electrons. The van der Waals surface area contributed by atoms with Crippen LogP contribution in [0, 0.1) is 5.41 Å². The van der Waals surface area contributed by atoms with Gasteiger partial charge in [-0.1, -0.05) is 6.07 Å². The maximum atomic E-state index is 11.8. The standard InChI is InChI=1S/C12H15N5O2/c18-8-12(4-5-12)7-13-11(19)14-10-16-15-9-3-1-2-6-17(9)10/h1-3,6,18H,4-5,7-8H2,(H2,13,14,16,19). The van der Waals surface area contributed by atoms with Crippen LogP contribution in [0.4, 0.5) is 10.7 Å². The highest BCUT2D eigenvalue weighted by molar-refractivity contribution is 5.87. The highest BCUT2D eigenvalue weighted by atomic mass is 16.3. The quantitative estimate of drug-likeness (QED) is 0.752. The fourth-order valence-corrected chi connectivity index (χ4v) is 1.91. The van der Waals surface area contributed by atoms with E-state index in [2.05, 4.69) is 20.8 Å². The summed E-state index contributed by atoms with van der Waals surface area (Å²) in [5, 5.41) is 22.4. The molecule has 0 spiro atoms. The van der Waals surface area contributed by atoms with Crippen molar-refractivity contribution in [1.29, 1.82) is 0 Å². The van der Waals surface area contributed by atoms with E-state index in [0.717, 1.165) is 12.8 Å². The van der Waals surface area contributed by atoms with E-state index < -0.39 is 0 Å². The molecule has 0 unspecified atom stereocenters. The number of aliphatic hydroxyl groups excluding tert-OH is 1. The molecule has 7 heteroatoms. The molecule has 1 saturated carbocycles. The normalized spacial score (nSPS) is 16.3. The fraction of sp³-hybridized carbons (Fsp3) is 0.417. The van der Waals surface area contributed by atoms with Crippen molar-refractivity contribution in [1.82, 2.24) is 19.9 Å². The van der Waals surface area contributed by atoms with Crippen LogP contribution in [-0.4, -0.2) is 38.9 Å². The van der Waals surface area contributed by atoms with Gasteiger partial charge in [-0.25, -0.2) is 4.79 Å². The lowest BCUT2D eigenvalue weighted by Gasteiger charge is -2.12. The minimum Gasteiger partial charge on any atom is -0.396 e. The maximum absolute atomic E-state index is 11.8. The highest BCUT2D eigenvalue weighted by Crippen LogP contribution is 2.44. The largest absolute Gasteiger partial charge is 0.396 e. The van der Waals surface area contributed by atoms with Crippen molar-refractivity contribution in [2.75, 3.05) is 18.5 Å². The molecular formula is C12H15N5O2. The smallest absolute Gasteiger partial charge is 0.321 e. The molecule has 1 aliphatic rings. The second-order valence-electron chi connectivity index (χ2n) is 4.92. The van der Waals surface area contributed by atoms with E-state index in [0.29, 0.717) is 18.1 Å². The Morgan fingerprint density at radius 2 is 2.26 bits per heavy atom. The number of hydrogen-bond acceptors (Lipinski definition) is 4. The first-order valence-corrected chi connectivity index (χ1v) is 6.18. The first-order chi connectivity index (χ1) is 9.22. The number of aromatic nitrogens is 3. The zero-order valence-electron chi connectivity index (χ0n) is 10.3. The predicted molar refractivity (Wildman–Crippen MR) is 68.8 cm³/mol. The van der Waals surface area contributed by atoms with E-state index in [1.165, 1.54) is 0 Å². The molecule has 2 aromatic heterocycles. The third kappa shape index (κ3) is 2.37. The Kier molecular flexibility index (Phi) is 2.83. The van der Waals surface area contributed by atoms with E-state index in [1.807, 2.05) is 12.1 Å². The van der Waals surface area contributed by atoms with Crippen LogP contribution in [0.25, 0.3) is 5.65 Å². The van der Waals surface area contributed by atoms with Gasteiger partial charge in [0.15, 0.2) is 5.65 Å². The predicted octanol–water partition coefficient (Wildman–Crippen LogP) is 0.623. The Balaban J connectivity index is 1.63. The van der Waals surface area contributed by atoms with Crippen molar-refractivity contribution in [2.24, 2.45) is 5.41 Å². The lowest BCUT2D eigenvalue weighted by molar-refractivity contribution is 0.206. The Morgan fingerprint density at radius 3 is 3.00 bits per heavy atom. The molecule has 3 rings (SSSR count). The SMILES string of the molecule is O=C(NCC1(CO)CC1)Nc1nnc2ccccn12. The van der Waals surface area contributed by atoms with E-state index >= 15 is 0 Å². The molecular weight excluding hydrogens is 246 g/mol. The molecule has 2 amide bonds. The van der Waals surface area contributed by atoms with Crippen molar-refractivity contribution < 1.29 is 9.90 Å². The molecule has 7 nitrogen and oxygen atoms in total. The second-order valence-corrected chi connectivity index (χ2v) is 4.92. The molecule has 2 aromatic rings. The Labute approximate surface area is 109 Å². The van der Waals surface area contributed by atoms with Crippen molar-refractivity contribution >= 4 is 17.6 Å². The number of fused-ring (bicyclic) bond motifs is 1. The molecule has 3 N–H and O–H groups in total. The van der Waals surface area contributed by atoms with Crippen molar-refractivity contribution in [3.05, 3.63) is 24.4 Å². The summed E-state index contributed by atoms with van der Waals surface area (Å²) in [6, 6.07) is 5.16. The van der Waals surface area contributed by atoms with E-state index in [1.54, 1.807) is 16.7 Å². The van der Waals surface area contributed by atoms with Crippen LogP contribution in [0.2, 0.25) is 0 Å². The summed E-state index contributed by atoms with van der Waals surface area (Å²) in [6.45, 7) is 0.590. The first kappa shape index (κ1) is 11.9. The summed E-state index contributed by atoms with van der Waals surface area (Å²) in [5.74, 6) is 0.377. The zero-order valence-corrected chi connectivity index (χ0v) is 10.3. The molecule has 0 saturated heterocycles. The maximum Gasteiger partial charge on any atom is 0.321 e. The summed E-state index contributed by atoms with van der Waals surface area (Å²) in [4.78, 5) is 11.8. The number of carbonyl (C=O) groups is 1. The van der Waals surface area contributed by atoms with Gasteiger partial charge in [-0.2, -0.15) is 0 Å². The number of anilines is 1. The number of amides is 2. The monoisotopic (exact) mass is 261 g/mol. The number of rotatable bonds is 4. The zero-order chi connectivity index (χ0) is 13.3. The Morgan fingerprint density at radius 1 is 1.42 bits per heavy atom. The van der Waals surface area contributed by atoms with Crippen LogP contribution in [0.1, 0.15) is 12.8 Å². The molecule has 2 heterocycles. The van der Waals surface area contributed by atoms with Gasteiger partial charge in [-0.3, -0.25) is 9.72 Å². The second kappa shape index (κ2) is 4.51. The molecule has 1 aliphatic carbocycles. The number of urea groups is 1. The fourth-order valence-electron chi connectivity index (χ4n) is 1.91. The van der Waals surface area contributed by atoms with Crippen LogP contribution < -0.4 is 10.6 Å². The average Bonchev–Trinajstić information content (AvgIpc) is 3.13. The van der Waals surface area contributed by atoms with Crippen LogP contribution in [0.3, 0.4) is 0 Å².